The second-order valence-corrected chi connectivity index (χ2v) is 5.97. The Morgan fingerprint density at radius 1 is 1.28 bits per heavy atom. The number of likely N-dealkylation sites (N-methyl/N-ethyl adjacent to an activating group) is 1. The van der Waals surface area contributed by atoms with Crippen molar-refractivity contribution < 1.29 is 0 Å². The van der Waals surface area contributed by atoms with Crippen LogP contribution in [0.2, 0.25) is 0 Å². The van der Waals surface area contributed by atoms with E-state index in [1.165, 1.54) is 43.4 Å². The van der Waals surface area contributed by atoms with Crippen molar-refractivity contribution in [2.75, 3.05) is 27.2 Å². The van der Waals surface area contributed by atoms with E-state index < -0.39 is 0 Å². The first-order valence-corrected chi connectivity index (χ1v) is 7.06. The van der Waals surface area contributed by atoms with E-state index in [1.54, 1.807) is 0 Å². The Bertz CT molecular complexity index is 378. The second-order valence-electron chi connectivity index (χ2n) is 5.97. The van der Waals surface area contributed by atoms with E-state index in [9.17, 15) is 0 Å². The van der Waals surface area contributed by atoms with Crippen molar-refractivity contribution in [3.05, 3.63) is 35.4 Å². The highest BCUT2D eigenvalue weighted by Gasteiger charge is 2.33. The summed E-state index contributed by atoms with van der Waals surface area (Å²) < 4.78 is 0. The van der Waals surface area contributed by atoms with Gasteiger partial charge in [0.2, 0.25) is 0 Å². The van der Waals surface area contributed by atoms with Crippen LogP contribution in [0.4, 0.5) is 0 Å². The fourth-order valence-corrected chi connectivity index (χ4v) is 3.17. The maximum absolute atomic E-state index is 3.75. The van der Waals surface area contributed by atoms with E-state index in [-0.39, 0.29) is 0 Å². The number of rotatable bonds is 5. The molecule has 0 bridgehead atoms. The Balaban J connectivity index is 2.00. The molecule has 1 aliphatic heterocycles. The highest BCUT2D eigenvalue weighted by Crippen LogP contribution is 2.26. The van der Waals surface area contributed by atoms with E-state index in [1.807, 2.05) is 0 Å². The summed E-state index contributed by atoms with van der Waals surface area (Å²) in [6, 6.07) is 8.77. The Morgan fingerprint density at radius 3 is 2.67 bits per heavy atom. The summed E-state index contributed by atoms with van der Waals surface area (Å²) in [4.78, 5) is 2.32. The van der Waals surface area contributed by atoms with Crippen molar-refractivity contribution >= 4 is 0 Å². The first-order valence-electron chi connectivity index (χ1n) is 7.06. The summed E-state index contributed by atoms with van der Waals surface area (Å²) in [5.74, 6) is 0. The van der Waals surface area contributed by atoms with Crippen molar-refractivity contribution in [1.82, 2.24) is 10.2 Å². The molecule has 1 aromatic carbocycles. The van der Waals surface area contributed by atoms with Crippen LogP contribution in [-0.4, -0.2) is 37.6 Å². The number of aryl methyl sites for hydroxylation is 2. The van der Waals surface area contributed by atoms with Gasteiger partial charge in [0.25, 0.3) is 0 Å². The van der Waals surface area contributed by atoms with Crippen LogP contribution in [0.1, 0.15) is 30.4 Å². The molecule has 2 heteroatoms. The van der Waals surface area contributed by atoms with Gasteiger partial charge in [-0.1, -0.05) is 24.3 Å². The molecule has 0 radical (unpaired) electrons. The molecule has 1 atom stereocenters. The number of benzene rings is 1. The molecule has 1 heterocycles. The zero-order valence-corrected chi connectivity index (χ0v) is 12.0. The van der Waals surface area contributed by atoms with Gasteiger partial charge in [-0.2, -0.15) is 0 Å². The molecule has 2 rings (SSSR count). The lowest BCUT2D eigenvalue weighted by molar-refractivity contribution is 0.243. The molecule has 0 aromatic heterocycles. The molecule has 1 unspecified atom stereocenters. The Kier molecular flexibility index (Phi) is 4.41. The average molecular weight is 246 g/mol. The average Bonchev–Trinajstić information content (AvgIpc) is 2.76. The molecule has 1 saturated heterocycles. The molecule has 0 aliphatic carbocycles. The smallest absolute Gasteiger partial charge is 0.0312 e. The molecular weight excluding hydrogens is 220 g/mol. The lowest BCUT2D eigenvalue weighted by atomic mass is 9.88. The van der Waals surface area contributed by atoms with Gasteiger partial charge >= 0.3 is 0 Å². The molecule has 2 nitrogen and oxygen atoms in total. The minimum Gasteiger partial charge on any atom is -0.310 e. The van der Waals surface area contributed by atoms with Crippen LogP contribution >= 0.6 is 0 Å². The molecule has 1 N–H and O–H groups in total. The van der Waals surface area contributed by atoms with Crippen LogP contribution in [0.15, 0.2) is 24.3 Å². The second kappa shape index (κ2) is 5.85. The van der Waals surface area contributed by atoms with Gasteiger partial charge in [0.05, 0.1) is 0 Å². The normalized spacial score (nSPS) is 23.8. The largest absolute Gasteiger partial charge is 0.310 e. The van der Waals surface area contributed by atoms with Gasteiger partial charge in [-0.3, -0.25) is 0 Å². The fourth-order valence-electron chi connectivity index (χ4n) is 3.17. The van der Waals surface area contributed by atoms with Crippen molar-refractivity contribution in [3.8, 4) is 0 Å². The van der Waals surface area contributed by atoms with E-state index in [4.69, 9.17) is 0 Å². The summed E-state index contributed by atoms with van der Waals surface area (Å²) in [5.41, 5.74) is 3.27. The molecule has 1 fully saturated rings. The summed E-state index contributed by atoms with van der Waals surface area (Å²) >= 11 is 0. The van der Waals surface area contributed by atoms with Gasteiger partial charge in [-0.25, -0.2) is 0 Å². The standard InChI is InChI=1S/C16H26N2/c1-14-7-4-5-8-15(14)9-11-16(13-18(2)3)10-6-12-17-16/h4-5,7-8,17H,6,9-13H2,1-3H3. The van der Waals surface area contributed by atoms with Gasteiger partial charge in [0.15, 0.2) is 0 Å². The molecule has 0 saturated carbocycles. The maximum Gasteiger partial charge on any atom is 0.0312 e. The van der Waals surface area contributed by atoms with Crippen LogP contribution in [0, 0.1) is 6.92 Å². The lowest BCUT2D eigenvalue weighted by Crippen LogP contribution is -2.48. The van der Waals surface area contributed by atoms with E-state index >= 15 is 0 Å². The number of nitrogens with one attached hydrogen (secondary N) is 1. The predicted octanol–water partition coefficient (Wildman–Crippen LogP) is 2.61. The topological polar surface area (TPSA) is 15.3 Å². The molecule has 100 valence electrons. The number of hydrogen-bond donors (Lipinski definition) is 1. The van der Waals surface area contributed by atoms with E-state index in [2.05, 4.69) is 55.5 Å². The minimum absolute atomic E-state index is 0.339. The van der Waals surface area contributed by atoms with Crippen molar-refractivity contribution in [2.45, 2.75) is 38.1 Å². The number of nitrogens with zero attached hydrogens (tertiary/aromatic N) is 1. The van der Waals surface area contributed by atoms with Gasteiger partial charge in [0.1, 0.15) is 0 Å². The third-order valence-corrected chi connectivity index (χ3v) is 4.09. The van der Waals surface area contributed by atoms with Crippen molar-refractivity contribution in [3.63, 3.8) is 0 Å². The van der Waals surface area contributed by atoms with E-state index in [0.29, 0.717) is 5.54 Å². The molecule has 0 spiro atoms. The number of hydrogen-bond acceptors (Lipinski definition) is 2. The van der Waals surface area contributed by atoms with Crippen LogP contribution in [0.25, 0.3) is 0 Å². The maximum atomic E-state index is 3.75. The zero-order chi connectivity index (χ0) is 13.0. The van der Waals surface area contributed by atoms with Crippen molar-refractivity contribution in [1.29, 1.82) is 0 Å². The van der Waals surface area contributed by atoms with Crippen LogP contribution < -0.4 is 5.32 Å². The zero-order valence-electron chi connectivity index (χ0n) is 12.0. The minimum atomic E-state index is 0.339. The van der Waals surface area contributed by atoms with E-state index in [0.717, 1.165) is 6.54 Å². The molecule has 18 heavy (non-hydrogen) atoms. The van der Waals surface area contributed by atoms with Gasteiger partial charge in [-0.15, -0.1) is 0 Å². The third-order valence-electron chi connectivity index (χ3n) is 4.09. The van der Waals surface area contributed by atoms with Gasteiger partial charge in [-0.05, 0) is 64.4 Å². The monoisotopic (exact) mass is 246 g/mol. The summed E-state index contributed by atoms with van der Waals surface area (Å²) in [7, 11) is 4.35. The van der Waals surface area contributed by atoms with Crippen molar-refractivity contribution in [2.24, 2.45) is 0 Å². The summed E-state index contributed by atoms with van der Waals surface area (Å²) in [5, 5.41) is 3.75. The Hall–Kier alpha value is -0.860. The van der Waals surface area contributed by atoms with Crippen LogP contribution in [0.5, 0.6) is 0 Å². The predicted molar refractivity (Wildman–Crippen MR) is 78.0 cm³/mol. The summed E-state index contributed by atoms with van der Waals surface area (Å²) in [6.07, 6.45) is 5.07. The van der Waals surface area contributed by atoms with Gasteiger partial charge in [0, 0.05) is 12.1 Å². The highest BCUT2D eigenvalue weighted by atomic mass is 15.1. The fraction of sp³-hybridized carbons (Fsp3) is 0.625. The van der Waals surface area contributed by atoms with Gasteiger partial charge < -0.3 is 10.2 Å². The molecule has 1 aromatic rings. The first-order chi connectivity index (χ1) is 8.61. The quantitative estimate of drug-likeness (QED) is 0.859. The molecular formula is C16H26N2. The molecule has 1 aliphatic rings. The highest BCUT2D eigenvalue weighted by molar-refractivity contribution is 5.26. The Labute approximate surface area is 111 Å². The first kappa shape index (κ1) is 13.6. The Morgan fingerprint density at radius 2 is 2.06 bits per heavy atom. The molecule has 0 amide bonds. The summed E-state index contributed by atoms with van der Waals surface area (Å²) in [6.45, 7) is 4.55. The third kappa shape index (κ3) is 3.33. The van der Waals surface area contributed by atoms with Crippen LogP contribution in [-0.2, 0) is 6.42 Å². The van der Waals surface area contributed by atoms with Crippen LogP contribution in [0.3, 0.4) is 0 Å². The SMILES string of the molecule is Cc1ccccc1CCC1(CN(C)C)CCCN1. The lowest BCUT2D eigenvalue weighted by Gasteiger charge is -2.33.